The number of benzene rings is 2. The van der Waals surface area contributed by atoms with Crippen molar-refractivity contribution >= 4 is 17.3 Å². The second-order valence-corrected chi connectivity index (χ2v) is 4.93. The Morgan fingerprint density at radius 2 is 1.90 bits per heavy atom. The number of rotatable bonds is 5. The van der Waals surface area contributed by atoms with Gasteiger partial charge in [-0.25, -0.2) is 0 Å². The number of carbonyl (C=O) groups excluding carboxylic acids is 1. The number of methoxy groups -OCH3 is 1. The number of ether oxygens (including phenoxy) is 1. The molecule has 2 N–H and O–H groups in total. The van der Waals surface area contributed by atoms with Crippen LogP contribution in [0.5, 0.6) is 5.75 Å². The molecule has 0 saturated carbocycles. The van der Waals surface area contributed by atoms with Crippen molar-refractivity contribution in [3.8, 4) is 5.75 Å². The summed E-state index contributed by atoms with van der Waals surface area (Å²) in [5.74, 6) is 0.537. The summed E-state index contributed by atoms with van der Waals surface area (Å²) in [4.78, 5) is 12.2. The average molecular weight is 284 g/mol. The van der Waals surface area contributed by atoms with E-state index in [0.29, 0.717) is 11.4 Å². The highest BCUT2D eigenvalue weighted by Crippen LogP contribution is 2.23. The van der Waals surface area contributed by atoms with Gasteiger partial charge in [0.1, 0.15) is 11.8 Å². The number of nitrogens with one attached hydrogen (secondary N) is 2. The summed E-state index contributed by atoms with van der Waals surface area (Å²) >= 11 is 0. The van der Waals surface area contributed by atoms with Gasteiger partial charge in [-0.15, -0.1) is 0 Å². The Kier molecular flexibility index (Phi) is 4.82. The molecule has 0 saturated heterocycles. The fourth-order valence-corrected chi connectivity index (χ4v) is 2.04. The minimum absolute atomic E-state index is 0.110. The Labute approximate surface area is 125 Å². The maximum absolute atomic E-state index is 12.2. The SMILES string of the molecule is COc1ccccc1NC(=O)C(C)Nc1cccc(C)c1. The second-order valence-electron chi connectivity index (χ2n) is 4.93. The molecule has 0 aliphatic heterocycles. The zero-order valence-corrected chi connectivity index (χ0v) is 12.5. The molecule has 0 radical (unpaired) electrons. The van der Waals surface area contributed by atoms with E-state index in [1.807, 2.05) is 62.4 Å². The molecule has 2 aromatic rings. The Hall–Kier alpha value is -2.49. The third kappa shape index (κ3) is 3.99. The molecule has 2 rings (SSSR count). The minimum Gasteiger partial charge on any atom is -0.495 e. The van der Waals surface area contributed by atoms with E-state index in [4.69, 9.17) is 4.74 Å². The first-order chi connectivity index (χ1) is 10.1. The molecule has 4 nitrogen and oxygen atoms in total. The van der Waals surface area contributed by atoms with Crippen molar-refractivity contribution in [3.63, 3.8) is 0 Å². The summed E-state index contributed by atoms with van der Waals surface area (Å²) in [5.41, 5.74) is 2.75. The van der Waals surface area contributed by atoms with Gasteiger partial charge in [0, 0.05) is 5.69 Å². The van der Waals surface area contributed by atoms with Gasteiger partial charge in [-0.05, 0) is 43.7 Å². The fraction of sp³-hybridized carbons (Fsp3) is 0.235. The van der Waals surface area contributed by atoms with E-state index >= 15 is 0 Å². The smallest absolute Gasteiger partial charge is 0.246 e. The number of hydrogen-bond acceptors (Lipinski definition) is 3. The van der Waals surface area contributed by atoms with Crippen LogP contribution in [0.15, 0.2) is 48.5 Å². The topological polar surface area (TPSA) is 50.4 Å². The molecule has 0 fully saturated rings. The van der Waals surface area contributed by atoms with Gasteiger partial charge in [0.2, 0.25) is 5.91 Å². The van der Waals surface area contributed by atoms with E-state index in [1.165, 1.54) is 0 Å². The Balaban J connectivity index is 2.02. The van der Waals surface area contributed by atoms with Gasteiger partial charge >= 0.3 is 0 Å². The zero-order chi connectivity index (χ0) is 15.2. The summed E-state index contributed by atoms with van der Waals surface area (Å²) in [6, 6.07) is 14.9. The summed E-state index contributed by atoms with van der Waals surface area (Å²) in [7, 11) is 1.58. The monoisotopic (exact) mass is 284 g/mol. The molecule has 0 spiro atoms. The van der Waals surface area contributed by atoms with Crippen LogP contribution in [0.3, 0.4) is 0 Å². The maximum atomic E-state index is 12.2. The number of hydrogen-bond donors (Lipinski definition) is 2. The van der Waals surface area contributed by atoms with Crippen LogP contribution >= 0.6 is 0 Å². The molecule has 0 bridgehead atoms. The highest BCUT2D eigenvalue weighted by atomic mass is 16.5. The third-order valence-electron chi connectivity index (χ3n) is 3.16. The Morgan fingerprint density at radius 1 is 1.14 bits per heavy atom. The summed E-state index contributed by atoms with van der Waals surface area (Å²) < 4.78 is 5.22. The van der Waals surface area contributed by atoms with Crippen LogP contribution in [0, 0.1) is 6.92 Å². The van der Waals surface area contributed by atoms with E-state index in [-0.39, 0.29) is 11.9 Å². The van der Waals surface area contributed by atoms with E-state index < -0.39 is 0 Å². The van der Waals surface area contributed by atoms with Crippen LogP contribution in [0.1, 0.15) is 12.5 Å². The summed E-state index contributed by atoms with van der Waals surface area (Å²) in [5, 5.41) is 6.06. The summed E-state index contributed by atoms with van der Waals surface area (Å²) in [6.07, 6.45) is 0. The van der Waals surface area contributed by atoms with E-state index in [9.17, 15) is 4.79 Å². The minimum atomic E-state index is -0.350. The van der Waals surface area contributed by atoms with Gasteiger partial charge in [-0.1, -0.05) is 24.3 Å². The third-order valence-corrected chi connectivity index (χ3v) is 3.16. The van der Waals surface area contributed by atoms with Crippen LogP contribution < -0.4 is 15.4 Å². The molecule has 0 aliphatic rings. The van der Waals surface area contributed by atoms with Crippen LogP contribution in [-0.2, 0) is 4.79 Å². The van der Waals surface area contributed by atoms with Crippen LogP contribution in [0.2, 0.25) is 0 Å². The van der Waals surface area contributed by atoms with Crippen molar-refractivity contribution < 1.29 is 9.53 Å². The normalized spacial score (nSPS) is 11.6. The molecule has 0 aromatic heterocycles. The molecule has 0 aliphatic carbocycles. The molecule has 110 valence electrons. The van der Waals surface area contributed by atoms with Crippen molar-refractivity contribution in [2.75, 3.05) is 17.7 Å². The molecule has 4 heteroatoms. The molecular weight excluding hydrogens is 264 g/mol. The van der Waals surface area contributed by atoms with Crippen molar-refractivity contribution in [3.05, 3.63) is 54.1 Å². The molecule has 1 atom stereocenters. The van der Waals surface area contributed by atoms with Crippen LogP contribution in [0.4, 0.5) is 11.4 Å². The molecule has 2 aromatic carbocycles. The second kappa shape index (κ2) is 6.79. The highest BCUT2D eigenvalue weighted by molar-refractivity contribution is 5.97. The number of para-hydroxylation sites is 2. The van der Waals surface area contributed by atoms with Crippen molar-refractivity contribution in [1.29, 1.82) is 0 Å². The highest BCUT2D eigenvalue weighted by Gasteiger charge is 2.14. The first-order valence-electron chi connectivity index (χ1n) is 6.87. The van der Waals surface area contributed by atoms with Crippen molar-refractivity contribution in [2.45, 2.75) is 19.9 Å². The van der Waals surface area contributed by atoms with Gasteiger partial charge in [0.05, 0.1) is 12.8 Å². The molecule has 0 heterocycles. The lowest BCUT2D eigenvalue weighted by molar-refractivity contribution is -0.116. The van der Waals surface area contributed by atoms with Gasteiger partial charge in [-0.3, -0.25) is 4.79 Å². The predicted molar refractivity (Wildman–Crippen MR) is 85.9 cm³/mol. The van der Waals surface area contributed by atoms with E-state index in [1.54, 1.807) is 7.11 Å². The predicted octanol–water partition coefficient (Wildman–Crippen LogP) is 3.44. The number of aryl methyl sites for hydroxylation is 1. The molecular formula is C17H20N2O2. The number of anilines is 2. The Bertz CT molecular complexity index is 626. The maximum Gasteiger partial charge on any atom is 0.246 e. The summed E-state index contributed by atoms with van der Waals surface area (Å²) in [6.45, 7) is 3.85. The first kappa shape index (κ1) is 14.9. The Morgan fingerprint density at radius 3 is 2.62 bits per heavy atom. The first-order valence-corrected chi connectivity index (χ1v) is 6.87. The quantitative estimate of drug-likeness (QED) is 0.884. The fourth-order valence-electron chi connectivity index (χ4n) is 2.04. The lowest BCUT2D eigenvalue weighted by atomic mass is 10.2. The average Bonchev–Trinajstić information content (AvgIpc) is 2.47. The van der Waals surface area contributed by atoms with E-state index in [0.717, 1.165) is 11.3 Å². The van der Waals surface area contributed by atoms with Gasteiger partial charge in [0.15, 0.2) is 0 Å². The molecule has 1 unspecified atom stereocenters. The lowest BCUT2D eigenvalue weighted by Gasteiger charge is -2.16. The number of carbonyl (C=O) groups is 1. The van der Waals surface area contributed by atoms with Crippen molar-refractivity contribution in [2.24, 2.45) is 0 Å². The van der Waals surface area contributed by atoms with Gasteiger partial charge in [-0.2, -0.15) is 0 Å². The van der Waals surface area contributed by atoms with Crippen molar-refractivity contribution in [1.82, 2.24) is 0 Å². The van der Waals surface area contributed by atoms with Gasteiger partial charge < -0.3 is 15.4 Å². The number of amides is 1. The lowest BCUT2D eigenvalue weighted by Crippen LogP contribution is -2.32. The molecule has 21 heavy (non-hydrogen) atoms. The zero-order valence-electron chi connectivity index (χ0n) is 12.5. The van der Waals surface area contributed by atoms with E-state index in [2.05, 4.69) is 10.6 Å². The van der Waals surface area contributed by atoms with Gasteiger partial charge in [0.25, 0.3) is 0 Å². The van der Waals surface area contributed by atoms with Crippen LogP contribution in [0.25, 0.3) is 0 Å². The molecule has 1 amide bonds. The standard InChI is InChI=1S/C17H20N2O2/c1-12-7-6-8-14(11-12)18-13(2)17(20)19-15-9-4-5-10-16(15)21-3/h4-11,13,18H,1-3H3,(H,19,20). The largest absolute Gasteiger partial charge is 0.495 e. The van der Waals surface area contributed by atoms with Crippen LogP contribution in [-0.4, -0.2) is 19.1 Å².